The van der Waals surface area contributed by atoms with Crippen molar-refractivity contribution in [3.05, 3.63) is 29.8 Å². The number of carbonyl (C=O) groups excluding carboxylic acids is 3. The predicted molar refractivity (Wildman–Crippen MR) is 88.8 cm³/mol. The van der Waals surface area contributed by atoms with E-state index in [-0.39, 0.29) is 24.3 Å². The van der Waals surface area contributed by atoms with Crippen LogP contribution in [-0.2, 0) is 9.59 Å². The molecule has 7 nitrogen and oxygen atoms in total. The lowest BCUT2D eigenvalue weighted by molar-refractivity contribution is -0.146. The Balaban J connectivity index is 2.25. The van der Waals surface area contributed by atoms with Gasteiger partial charge in [0.2, 0.25) is 11.8 Å². The van der Waals surface area contributed by atoms with E-state index in [1.165, 1.54) is 23.8 Å². The van der Waals surface area contributed by atoms with Crippen molar-refractivity contribution < 1.29 is 19.1 Å². The zero-order valence-electron chi connectivity index (χ0n) is 14.5. The molecule has 1 fully saturated rings. The molecule has 7 heteroatoms. The van der Waals surface area contributed by atoms with Crippen molar-refractivity contribution in [3.63, 3.8) is 0 Å². The Morgan fingerprint density at radius 1 is 1.17 bits per heavy atom. The highest BCUT2D eigenvalue weighted by atomic mass is 16.5. The van der Waals surface area contributed by atoms with E-state index in [2.05, 4.69) is 0 Å². The summed E-state index contributed by atoms with van der Waals surface area (Å²) in [5.41, 5.74) is 0.451. The van der Waals surface area contributed by atoms with Crippen LogP contribution in [0.25, 0.3) is 0 Å². The van der Waals surface area contributed by atoms with Gasteiger partial charge in [-0.05, 0) is 12.1 Å². The van der Waals surface area contributed by atoms with Gasteiger partial charge in [0.05, 0.1) is 19.2 Å². The van der Waals surface area contributed by atoms with Gasteiger partial charge in [-0.2, -0.15) is 0 Å². The maximum Gasteiger partial charge on any atom is 0.257 e. The lowest BCUT2D eigenvalue weighted by Gasteiger charge is -2.41. The second-order valence-electron chi connectivity index (χ2n) is 5.91. The van der Waals surface area contributed by atoms with E-state index < -0.39 is 6.04 Å². The second kappa shape index (κ2) is 7.33. The lowest BCUT2D eigenvalue weighted by atomic mass is 10.1. The van der Waals surface area contributed by atoms with Gasteiger partial charge in [-0.25, -0.2) is 0 Å². The van der Waals surface area contributed by atoms with Crippen LogP contribution in [0.5, 0.6) is 5.75 Å². The zero-order chi connectivity index (χ0) is 17.9. The topological polar surface area (TPSA) is 70.2 Å². The first-order chi connectivity index (χ1) is 11.4. The van der Waals surface area contributed by atoms with E-state index in [1.54, 1.807) is 43.3 Å². The summed E-state index contributed by atoms with van der Waals surface area (Å²) in [7, 11) is 4.79. The minimum absolute atomic E-state index is 0.167. The number of ether oxygens (including phenoxy) is 1. The third-order valence-corrected chi connectivity index (χ3v) is 4.14. The first-order valence-corrected chi connectivity index (χ1v) is 7.77. The number of amides is 3. The van der Waals surface area contributed by atoms with Gasteiger partial charge >= 0.3 is 0 Å². The van der Waals surface area contributed by atoms with Crippen LogP contribution in [0.3, 0.4) is 0 Å². The lowest BCUT2D eigenvalue weighted by Crippen LogP contribution is -2.61. The Morgan fingerprint density at radius 2 is 1.83 bits per heavy atom. The van der Waals surface area contributed by atoms with E-state index >= 15 is 0 Å². The molecule has 2 rings (SSSR count). The highest BCUT2D eigenvalue weighted by Gasteiger charge is 2.37. The number of methoxy groups -OCH3 is 1. The van der Waals surface area contributed by atoms with Crippen molar-refractivity contribution in [1.82, 2.24) is 14.7 Å². The normalized spacial score (nSPS) is 17.4. The van der Waals surface area contributed by atoms with Gasteiger partial charge in [0.15, 0.2) is 0 Å². The van der Waals surface area contributed by atoms with Gasteiger partial charge in [-0.1, -0.05) is 12.1 Å². The standard InChI is InChI=1S/C17H23N3O4/c1-12(21)20-10-9-19(11-14(20)17(23)18(2)3)16(22)13-7-5-6-8-15(13)24-4/h5-8,14H,9-11H2,1-4H3/t14-/m1/s1. The molecule has 0 unspecified atom stereocenters. The molecule has 1 aliphatic heterocycles. The predicted octanol–water partition coefficient (Wildman–Crippen LogP) is 0.456. The largest absolute Gasteiger partial charge is 0.496 e. The molecule has 24 heavy (non-hydrogen) atoms. The highest BCUT2D eigenvalue weighted by molar-refractivity contribution is 5.98. The van der Waals surface area contributed by atoms with E-state index in [1.807, 2.05) is 0 Å². The molecule has 1 aliphatic rings. The molecule has 1 atom stereocenters. The summed E-state index contributed by atoms with van der Waals surface area (Å²) in [5, 5.41) is 0. The molecule has 0 spiro atoms. The van der Waals surface area contributed by atoms with Gasteiger partial charge in [-0.3, -0.25) is 14.4 Å². The van der Waals surface area contributed by atoms with Crippen molar-refractivity contribution in [2.24, 2.45) is 0 Å². The molecule has 0 bridgehead atoms. The molecule has 0 saturated carbocycles. The van der Waals surface area contributed by atoms with Gasteiger partial charge < -0.3 is 19.4 Å². The van der Waals surface area contributed by atoms with Crippen LogP contribution in [0.1, 0.15) is 17.3 Å². The maximum absolute atomic E-state index is 12.8. The monoisotopic (exact) mass is 333 g/mol. The fourth-order valence-corrected chi connectivity index (χ4v) is 2.85. The number of nitrogens with zero attached hydrogens (tertiary/aromatic N) is 3. The van der Waals surface area contributed by atoms with Crippen LogP contribution in [0, 0.1) is 0 Å². The van der Waals surface area contributed by atoms with Gasteiger partial charge in [0, 0.05) is 34.1 Å². The van der Waals surface area contributed by atoms with Crippen molar-refractivity contribution >= 4 is 17.7 Å². The van der Waals surface area contributed by atoms with Gasteiger partial charge in [0.1, 0.15) is 11.8 Å². The van der Waals surface area contributed by atoms with Crippen LogP contribution in [0.15, 0.2) is 24.3 Å². The number of rotatable bonds is 3. The van der Waals surface area contributed by atoms with Gasteiger partial charge in [-0.15, -0.1) is 0 Å². The quantitative estimate of drug-likeness (QED) is 0.806. The average molecular weight is 333 g/mol. The molecule has 1 aromatic rings. The SMILES string of the molecule is COc1ccccc1C(=O)N1CCN(C(C)=O)[C@@H](C(=O)N(C)C)C1. The maximum atomic E-state index is 12.8. The molecule has 1 aromatic carbocycles. The Labute approximate surface area is 141 Å². The number of likely N-dealkylation sites (N-methyl/N-ethyl adjacent to an activating group) is 1. The Morgan fingerprint density at radius 3 is 2.42 bits per heavy atom. The summed E-state index contributed by atoms with van der Waals surface area (Å²) in [4.78, 5) is 41.6. The number of hydrogen-bond donors (Lipinski definition) is 0. The summed E-state index contributed by atoms with van der Waals surface area (Å²) in [6.07, 6.45) is 0. The third kappa shape index (κ3) is 3.50. The molecule has 3 amide bonds. The third-order valence-electron chi connectivity index (χ3n) is 4.14. The number of carbonyl (C=O) groups is 3. The van der Waals surface area contributed by atoms with E-state index in [9.17, 15) is 14.4 Å². The van der Waals surface area contributed by atoms with Crippen molar-refractivity contribution in [2.75, 3.05) is 40.8 Å². The van der Waals surface area contributed by atoms with Crippen molar-refractivity contribution in [1.29, 1.82) is 0 Å². The Hall–Kier alpha value is -2.57. The minimum atomic E-state index is -0.662. The number of piperazine rings is 1. The number of benzene rings is 1. The molecule has 1 saturated heterocycles. The summed E-state index contributed by atoms with van der Waals surface area (Å²) >= 11 is 0. The van der Waals surface area contributed by atoms with Crippen LogP contribution >= 0.6 is 0 Å². The highest BCUT2D eigenvalue weighted by Crippen LogP contribution is 2.21. The van der Waals surface area contributed by atoms with E-state index in [0.717, 1.165) is 0 Å². The molecule has 1 heterocycles. The van der Waals surface area contributed by atoms with Crippen LogP contribution in [0.2, 0.25) is 0 Å². The van der Waals surface area contributed by atoms with Gasteiger partial charge in [0.25, 0.3) is 5.91 Å². The molecular formula is C17H23N3O4. The van der Waals surface area contributed by atoms with Crippen LogP contribution in [-0.4, -0.2) is 79.3 Å². The molecular weight excluding hydrogens is 310 g/mol. The Bertz CT molecular complexity index is 644. The molecule has 130 valence electrons. The molecule has 0 aromatic heterocycles. The zero-order valence-corrected chi connectivity index (χ0v) is 14.5. The van der Waals surface area contributed by atoms with E-state index in [4.69, 9.17) is 4.74 Å². The van der Waals surface area contributed by atoms with Crippen LogP contribution < -0.4 is 4.74 Å². The molecule has 0 N–H and O–H groups in total. The number of hydrogen-bond acceptors (Lipinski definition) is 4. The first-order valence-electron chi connectivity index (χ1n) is 7.77. The minimum Gasteiger partial charge on any atom is -0.496 e. The van der Waals surface area contributed by atoms with Crippen molar-refractivity contribution in [2.45, 2.75) is 13.0 Å². The summed E-state index contributed by atoms with van der Waals surface area (Å²) in [5.74, 6) is -0.0680. The fraction of sp³-hybridized carbons (Fsp3) is 0.471. The molecule has 0 radical (unpaired) electrons. The summed E-state index contributed by atoms with van der Waals surface area (Å²) < 4.78 is 5.24. The van der Waals surface area contributed by atoms with E-state index in [0.29, 0.717) is 24.4 Å². The summed E-state index contributed by atoms with van der Waals surface area (Å²) in [6.45, 7) is 2.33. The second-order valence-corrected chi connectivity index (χ2v) is 5.91. The molecule has 0 aliphatic carbocycles. The van der Waals surface area contributed by atoms with Crippen LogP contribution in [0.4, 0.5) is 0 Å². The Kier molecular flexibility index (Phi) is 5.43. The summed E-state index contributed by atoms with van der Waals surface area (Å²) in [6, 6.07) is 6.32. The first kappa shape index (κ1) is 17.8. The smallest absolute Gasteiger partial charge is 0.257 e. The average Bonchev–Trinajstić information content (AvgIpc) is 2.59. The fourth-order valence-electron chi connectivity index (χ4n) is 2.85. The number of para-hydroxylation sites is 1. The van der Waals surface area contributed by atoms with Crippen molar-refractivity contribution in [3.8, 4) is 5.75 Å².